The van der Waals surface area contributed by atoms with E-state index < -0.39 is 5.41 Å². The molecule has 1 aromatic heterocycles. The Morgan fingerprint density at radius 1 is 1.29 bits per heavy atom. The van der Waals surface area contributed by atoms with Gasteiger partial charge in [0.25, 0.3) is 0 Å². The van der Waals surface area contributed by atoms with Crippen LogP contribution in [0.25, 0.3) is 0 Å². The van der Waals surface area contributed by atoms with E-state index >= 15 is 0 Å². The molecule has 0 bridgehead atoms. The highest BCUT2D eigenvalue weighted by atomic mass is 35.5. The number of carbonyl (C=O) groups excluding carboxylic acids is 1. The number of nitrogens with zero attached hydrogens (tertiary/aromatic N) is 1. The number of hydrogen-bond donors (Lipinski definition) is 1. The predicted molar refractivity (Wildman–Crippen MR) is 82.1 cm³/mol. The van der Waals surface area contributed by atoms with E-state index in [2.05, 4.69) is 4.98 Å². The van der Waals surface area contributed by atoms with Gasteiger partial charge >= 0.3 is 0 Å². The third-order valence-corrected chi connectivity index (χ3v) is 4.51. The van der Waals surface area contributed by atoms with Crippen LogP contribution < -0.4 is 0 Å². The minimum Gasteiger partial charge on any atom is -0.508 e. The molecule has 3 rings (SSSR count). The number of phenols is 1. The number of rotatable bonds is 1. The van der Waals surface area contributed by atoms with E-state index in [0.29, 0.717) is 29.1 Å². The van der Waals surface area contributed by atoms with Gasteiger partial charge in [-0.1, -0.05) is 23.7 Å². The summed E-state index contributed by atoms with van der Waals surface area (Å²) in [7, 11) is 0. The number of halogens is 1. The molecule has 0 saturated carbocycles. The van der Waals surface area contributed by atoms with Crippen LogP contribution in [0.1, 0.15) is 40.5 Å². The zero-order valence-corrected chi connectivity index (χ0v) is 12.7. The molecule has 0 amide bonds. The zero-order valence-electron chi connectivity index (χ0n) is 12.0. The number of hydrogen-bond acceptors (Lipinski definition) is 3. The molecule has 108 valence electrons. The largest absolute Gasteiger partial charge is 0.508 e. The summed E-state index contributed by atoms with van der Waals surface area (Å²) in [6, 6.07) is 8.83. The maximum atomic E-state index is 12.9. The van der Waals surface area contributed by atoms with Gasteiger partial charge in [-0.05, 0) is 50.5 Å². The summed E-state index contributed by atoms with van der Waals surface area (Å²) >= 11 is 5.89. The molecule has 21 heavy (non-hydrogen) atoms. The van der Waals surface area contributed by atoms with Gasteiger partial charge in [0.2, 0.25) is 0 Å². The average Bonchev–Trinajstić information content (AvgIpc) is 2.43. The highest BCUT2D eigenvalue weighted by Gasteiger charge is 2.41. The summed E-state index contributed by atoms with van der Waals surface area (Å²) in [6.07, 6.45) is 1.29. The Kier molecular flexibility index (Phi) is 3.25. The molecular weight excluding hydrogens is 286 g/mol. The van der Waals surface area contributed by atoms with E-state index in [1.54, 1.807) is 18.2 Å². The minimum atomic E-state index is -0.722. The molecule has 0 radical (unpaired) electrons. The Labute approximate surface area is 128 Å². The predicted octanol–water partition coefficient (Wildman–Crippen LogP) is 3.84. The summed E-state index contributed by atoms with van der Waals surface area (Å²) in [5.74, 6) is 0.170. The Balaban J connectivity index is 2.11. The first kappa shape index (κ1) is 14.1. The van der Waals surface area contributed by atoms with E-state index in [4.69, 9.17) is 11.6 Å². The van der Waals surface area contributed by atoms with Crippen molar-refractivity contribution in [3.8, 4) is 5.75 Å². The van der Waals surface area contributed by atoms with E-state index in [1.165, 1.54) is 0 Å². The van der Waals surface area contributed by atoms with Crippen molar-refractivity contribution in [3.63, 3.8) is 0 Å². The fourth-order valence-electron chi connectivity index (χ4n) is 3.02. The second-order valence-corrected chi connectivity index (χ2v) is 6.20. The Bertz CT molecular complexity index is 742. The van der Waals surface area contributed by atoms with Crippen molar-refractivity contribution >= 4 is 17.4 Å². The monoisotopic (exact) mass is 301 g/mol. The van der Waals surface area contributed by atoms with Gasteiger partial charge in [-0.3, -0.25) is 4.79 Å². The third kappa shape index (κ3) is 2.22. The summed E-state index contributed by atoms with van der Waals surface area (Å²) in [4.78, 5) is 17.1. The maximum absolute atomic E-state index is 12.9. The molecule has 0 spiro atoms. The number of aromatic hydroxyl groups is 1. The second kappa shape index (κ2) is 4.85. The molecule has 1 heterocycles. The first-order valence-electron chi connectivity index (χ1n) is 6.92. The van der Waals surface area contributed by atoms with E-state index in [1.807, 2.05) is 26.0 Å². The van der Waals surface area contributed by atoms with Crippen LogP contribution in [0.2, 0.25) is 5.15 Å². The van der Waals surface area contributed by atoms with Crippen LogP contribution in [0.3, 0.4) is 0 Å². The van der Waals surface area contributed by atoms with Crippen LogP contribution in [0.5, 0.6) is 5.75 Å². The second-order valence-electron chi connectivity index (χ2n) is 5.81. The van der Waals surface area contributed by atoms with Gasteiger partial charge in [-0.15, -0.1) is 0 Å². The lowest BCUT2D eigenvalue weighted by Gasteiger charge is -2.33. The highest BCUT2D eigenvalue weighted by molar-refractivity contribution is 6.29. The lowest BCUT2D eigenvalue weighted by molar-refractivity contribution is 0.0871. The standard InChI is InChI=1S/C17H16ClNO2/c1-10-3-5-12(14(20)9-10)17(2)8-7-13-11(16(17)21)4-6-15(18)19-13/h3-6,9,20H,7-8H2,1-2H3. The fourth-order valence-corrected chi connectivity index (χ4v) is 3.18. The molecule has 1 aromatic carbocycles. The Morgan fingerprint density at radius 2 is 2.05 bits per heavy atom. The average molecular weight is 302 g/mol. The van der Waals surface area contributed by atoms with Gasteiger partial charge in [0.15, 0.2) is 5.78 Å². The number of fused-ring (bicyclic) bond motifs is 1. The molecule has 0 aliphatic heterocycles. The SMILES string of the molecule is Cc1ccc(C2(C)CCc3nc(Cl)ccc3C2=O)c(O)c1. The topological polar surface area (TPSA) is 50.2 Å². The number of aryl methyl sites for hydroxylation is 2. The van der Waals surface area contributed by atoms with Crippen molar-refractivity contribution in [2.75, 3.05) is 0 Å². The molecule has 3 nitrogen and oxygen atoms in total. The molecule has 4 heteroatoms. The first-order chi connectivity index (χ1) is 9.91. The molecule has 1 atom stereocenters. The number of benzene rings is 1. The fraction of sp³-hybridized carbons (Fsp3) is 0.294. The maximum Gasteiger partial charge on any atom is 0.175 e. The number of Topliss-reactive ketones (excluding diaryl/α,β-unsaturated/α-hetero) is 1. The van der Waals surface area contributed by atoms with Crippen LogP contribution in [0.4, 0.5) is 0 Å². The quantitative estimate of drug-likeness (QED) is 0.814. The summed E-state index contributed by atoms with van der Waals surface area (Å²) in [6.45, 7) is 3.80. The van der Waals surface area contributed by atoms with Gasteiger partial charge in [0.1, 0.15) is 10.9 Å². The van der Waals surface area contributed by atoms with E-state index in [0.717, 1.165) is 11.3 Å². The number of carbonyl (C=O) groups is 1. The molecule has 1 aliphatic carbocycles. The van der Waals surface area contributed by atoms with E-state index in [9.17, 15) is 9.90 Å². The molecule has 0 saturated heterocycles. The Hall–Kier alpha value is -1.87. The molecule has 2 aromatic rings. The first-order valence-corrected chi connectivity index (χ1v) is 7.30. The smallest absolute Gasteiger partial charge is 0.175 e. The van der Waals surface area contributed by atoms with Crippen LogP contribution in [-0.4, -0.2) is 15.9 Å². The van der Waals surface area contributed by atoms with Crippen molar-refractivity contribution in [1.29, 1.82) is 0 Å². The summed E-state index contributed by atoms with van der Waals surface area (Å²) in [5, 5.41) is 10.6. The minimum absolute atomic E-state index is 0.00734. The van der Waals surface area contributed by atoms with Crippen LogP contribution in [0, 0.1) is 6.92 Å². The molecular formula is C17H16ClNO2. The van der Waals surface area contributed by atoms with E-state index in [-0.39, 0.29) is 11.5 Å². The molecule has 0 fully saturated rings. The van der Waals surface area contributed by atoms with Crippen molar-refractivity contribution in [3.05, 3.63) is 57.9 Å². The van der Waals surface area contributed by atoms with Gasteiger partial charge in [0.05, 0.1) is 11.1 Å². The van der Waals surface area contributed by atoms with Crippen molar-refractivity contribution < 1.29 is 9.90 Å². The summed E-state index contributed by atoms with van der Waals surface area (Å²) in [5.41, 5.74) is 2.28. The lowest BCUT2D eigenvalue weighted by atomic mass is 9.68. The van der Waals surface area contributed by atoms with Gasteiger partial charge in [-0.25, -0.2) is 4.98 Å². The van der Waals surface area contributed by atoms with Crippen molar-refractivity contribution in [2.24, 2.45) is 0 Å². The lowest BCUT2D eigenvalue weighted by Crippen LogP contribution is -2.37. The van der Waals surface area contributed by atoms with Gasteiger partial charge in [-0.2, -0.15) is 0 Å². The number of phenolic OH excluding ortho intramolecular Hbond substituents is 1. The third-order valence-electron chi connectivity index (χ3n) is 4.30. The normalized spacial score (nSPS) is 21.2. The Morgan fingerprint density at radius 3 is 2.76 bits per heavy atom. The molecule has 1 unspecified atom stereocenters. The number of ketones is 1. The summed E-state index contributed by atoms with van der Waals surface area (Å²) < 4.78 is 0. The van der Waals surface area contributed by atoms with Crippen molar-refractivity contribution in [2.45, 2.75) is 32.1 Å². The molecule has 1 N–H and O–H groups in total. The molecule has 1 aliphatic rings. The van der Waals surface area contributed by atoms with Crippen molar-refractivity contribution in [1.82, 2.24) is 4.98 Å². The van der Waals surface area contributed by atoms with Crippen LogP contribution in [-0.2, 0) is 11.8 Å². The van der Waals surface area contributed by atoms with Gasteiger partial charge in [0, 0.05) is 11.1 Å². The number of aromatic nitrogens is 1. The number of pyridine rings is 1. The highest BCUT2D eigenvalue weighted by Crippen LogP contribution is 2.41. The van der Waals surface area contributed by atoms with Gasteiger partial charge < -0.3 is 5.11 Å². The van der Waals surface area contributed by atoms with Crippen LogP contribution in [0.15, 0.2) is 30.3 Å². The zero-order chi connectivity index (χ0) is 15.2. The van der Waals surface area contributed by atoms with Crippen LogP contribution >= 0.6 is 11.6 Å².